The molecule has 1 amide bonds. The van der Waals surface area contributed by atoms with Crippen LogP contribution in [0.15, 0.2) is 18.2 Å². The van der Waals surface area contributed by atoms with Gasteiger partial charge in [0.05, 0.1) is 12.1 Å². The van der Waals surface area contributed by atoms with E-state index in [0.717, 1.165) is 36.9 Å². The number of fused-ring (bicyclic) bond motifs is 1. The fourth-order valence-corrected chi connectivity index (χ4v) is 3.79. The Morgan fingerprint density at radius 1 is 1.21 bits per heavy atom. The number of ether oxygens (including phenoxy) is 1. The SMILES string of the molecule is O=C(c1ccc(F)cc1OC(F)F)N1CCC(c2nnc3n2CCNC3)CC1. The Bertz CT molecular complexity index is 865. The smallest absolute Gasteiger partial charge is 0.387 e. The quantitative estimate of drug-likeness (QED) is 0.859. The second-order valence-corrected chi connectivity index (χ2v) is 6.89. The van der Waals surface area contributed by atoms with Crippen molar-refractivity contribution in [3.8, 4) is 5.75 Å². The average molecular weight is 395 g/mol. The Morgan fingerprint density at radius 3 is 2.75 bits per heavy atom. The molecule has 7 nitrogen and oxygen atoms in total. The van der Waals surface area contributed by atoms with Gasteiger partial charge in [0.25, 0.3) is 5.91 Å². The number of alkyl halides is 2. The predicted octanol–water partition coefficient (Wildman–Crippen LogP) is 2.14. The van der Waals surface area contributed by atoms with E-state index in [1.807, 2.05) is 0 Å². The molecule has 3 heterocycles. The fourth-order valence-electron chi connectivity index (χ4n) is 3.79. The largest absolute Gasteiger partial charge is 0.434 e. The Hall–Kier alpha value is -2.62. The highest BCUT2D eigenvalue weighted by Crippen LogP contribution is 2.30. The summed E-state index contributed by atoms with van der Waals surface area (Å²) in [7, 11) is 0. The molecule has 2 aliphatic rings. The molecule has 1 aromatic heterocycles. The minimum atomic E-state index is -3.13. The highest BCUT2D eigenvalue weighted by atomic mass is 19.3. The lowest BCUT2D eigenvalue weighted by Gasteiger charge is -2.32. The van der Waals surface area contributed by atoms with Gasteiger partial charge in [-0.3, -0.25) is 4.79 Å². The number of hydrogen-bond donors (Lipinski definition) is 1. The monoisotopic (exact) mass is 395 g/mol. The number of amides is 1. The Labute approximate surface area is 159 Å². The van der Waals surface area contributed by atoms with E-state index in [1.165, 1.54) is 6.07 Å². The molecule has 0 aliphatic carbocycles. The van der Waals surface area contributed by atoms with E-state index in [0.29, 0.717) is 32.5 Å². The van der Waals surface area contributed by atoms with Gasteiger partial charge in [0.1, 0.15) is 23.2 Å². The van der Waals surface area contributed by atoms with Crippen LogP contribution in [0.4, 0.5) is 13.2 Å². The van der Waals surface area contributed by atoms with E-state index in [2.05, 4.69) is 24.8 Å². The molecule has 0 spiro atoms. The number of nitrogens with one attached hydrogen (secondary N) is 1. The number of benzene rings is 1. The van der Waals surface area contributed by atoms with Gasteiger partial charge in [-0.05, 0) is 25.0 Å². The first kappa shape index (κ1) is 18.7. The molecule has 0 bridgehead atoms. The second kappa shape index (κ2) is 7.78. The predicted molar refractivity (Wildman–Crippen MR) is 92.6 cm³/mol. The molecule has 1 N–H and O–H groups in total. The van der Waals surface area contributed by atoms with Crippen LogP contribution >= 0.6 is 0 Å². The van der Waals surface area contributed by atoms with Gasteiger partial charge in [0.2, 0.25) is 0 Å². The van der Waals surface area contributed by atoms with E-state index in [9.17, 15) is 18.0 Å². The third-order valence-corrected chi connectivity index (χ3v) is 5.19. The zero-order valence-electron chi connectivity index (χ0n) is 15.1. The Balaban J connectivity index is 1.45. The zero-order chi connectivity index (χ0) is 19.7. The molecule has 1 aromatic carbocycles. The van der Waals surface area contributed by atoms with Crippen molar-refractivity contribution in [3.05, 3.63) is 41.2 Å². The van der Waals surface area contributed by atoms with E-state index in [-0.39, 0.29) is 11.5 Å². The summed E-state index contributed by atoms with van der Waals surface area (Å²) in [5.41, 5.74) is -0.0638. The summed E-state index contributed by atoms with van der Waals surface area (Å²) in [6.45, 7) is 0.160. The highest BCUT2D eigenvalue weighted by molar-refractivity contribution is 5.97. The van der Waals surface area contributed by atoms with Crippen LogP contribution in [-0.4, -0.2) is 51.8 Å². The van der Waals surface area contributed by atoms with Crippen LogP contribution in [0.5, 0.6) is 5.75 Å². The molecule has 4 rings (SSSR count). The molecular weight excluding hydrogens is 375 g/mol. The molecule has 150 valence electrons. The topological polar surface area (TPSA) is 72.3 Å². The van der Waals surface area contributed by atoms with Gasteiger partial charge in [-0.2, -0.15) is 8.78 Å². The van der Waals surface area contributed by atoms with Crippen LogP contribution in [0.2, 0.25) is 0 Å². The van der Waals surface area contributed by atoms with Gasteiger partial charge in [-0.1, -0.05) is 0 Å². The number of hydrogen-bond acceptors (Lipinski definition) is 5. The lowest BCUT2D eigenvalue weighted by atomic mass is 9.95. The average Bonchev–Trinajstić information content (AvgIpc) is 3.11. The molecule has 28 heavy (non-hydrogen) atoms. The first-order chi connectivity index (χ1) is 13.5. The summed E-state index contributed by atoms with van der Waals surface area (Å²) >= 11 is 0. The van der Waals surface area contributed by atoms with Crippen LogP contribution in [-0.2, 0) is 13.1 Å². The second-order valence-electron chi connectivity index (χ2n) is 6.89. The molecule has 0 unspecified atom stereocenters. The van der Waals surface area contributed by atoms with E-state index in [1.54, 1.807) is 4.90 Å². The van der Waals surface area contributed by atoms with Crippen molar-refractivity contribution in [1.82, 2.24) is 25.0 Å². The lowest BCUT2D eigenvalue weighted by molar-refractivity contribution is -0.0504. The van der Waals surface area contributed by atoms with Gasteiger partial charge in [0.15, 0.2) is 0 Å². The van der Waals surface area contributed by atoms with Crippen molar-refractivity contribution in [2.24, 2.45) is 0 Å². The first-order valence-corrected chi connectivity index (χ1v) is 9.19. The number of halogens is 3. The van der Waals surface area contributed by atoms with Crippen LogP contribution in [0, 0.1) is 5.82 Å². The normalized spacial score (nSPS) is 17.6. The maximum atomic E-state index is 13.4. The third kappa shape index (κ3) is 3.68. The molecule has 0 atom stereocenters. The molecule has 0 saturated carbocycles. The molecule has 1 saturated heterocycles. The van der Waals surface area contributed by atoms with Crippen molar-refractivity contribution in [1.29, 1.82) is 0 Å². The Kier molecular flexibility index (Phi) is 5.21. The van der Waals surface area contributed by atoms with Gasteiger partial charge in [0, 0.05) is 38.2 Å². The van der Waals surface area contributed by atoms with Crippen LogP contribution < -0.4 is 10.1 Å². The summed E-state index contributed by atoms with van der Waals surface area (Å²) < 4.78 is 45.0. The standard InChI is InChI=1S/C18H20F3N5O2/c19-12-1-2-13(14(9-12)28-18(20)21)17(27)25-6-3-11(4-7-25)16-24-23-15-10-22-5-8-26(15)16/h1-2,9,11,18,22H,3-8,10H2. The summed E-state index contributed by atoms with van der Waals surface area (Å²) in [4.78, 5) is 14.4. The van der Waals surface area contributed by atoms with E-state index >= 15 is 0 Å². The minimum Gasteiger partial charge on any atom is -0.434 e. The van der Waals surface area contributed by atoms with Crippen LogP contribution in [0.3, 0.4) is 0 Å². The number of likely N-dealkylation sites (tertiary alicyclic amines) is 1. The zero-order valence-corrected chi connectivity index (χ0v) is 15.1. The first-order valence-electron chi connectivity index (χ1n) is 9.19. The molecule has 10 heteroatoms. The van der Waals surface area contributed by atoms with Gasteiger partial charge < -0.3 is 19.5 Å². The van der Waals surface area contributed by atoms with E-state index < -0.39 is 24.1 Å². The van der Waals surface area contributed by atoms with Gasteiger partial charge >= 0.3 is 6.61 Å². The molecule has 0 radical (unpaired) electrons. The maximum Gasteiger partial charge on any atom is 0.387 e. The van der Waals surface area contributed by atoms with Crippen molar-refractivity contribution >= 4 is 5.91 Å². The number of piperidine rings is 1. The van der Waals surface area contributed by atoms with Crippen molar-refractivity contribution in [2.75, 3.05) is 19.6 Å². The third-order valence-electron chi connectivity index (χ3n) is 5.19. The highest BCUT2D eigenvalue weighted by Gasteiger charge is 2.30. The van der Waals surface area contributed by atoms with Gasteiger partial charge in [-0.25, -0.2) is 4.39 Å². The number of carbonyl (C=O) groups is 1. The number of nitrogens with zero attached hydrogens (tertiary/aromatic N) is 4. The number of aromatic nitrogens is 3. The van der Waals surface area contributed by atoms with E-state index in [4.69, 9.17) is 0 Å². The minimum absolute atomic E-state index is 0.0638. The summed E-state index contributed by atoms with van der Waals surface area (Å²) in [5.74, 6) is 0.417. The maximum absolute atomic E-state index is 13.4. The molecular formula is C18H20F3N5O2. The summed E-state index contributed by atoms with van der Waals surface area (Å²) in [6.07, 6.45) is 1.40. The summed E-state index contributed by atoms with van der Waals surface area (Å²) in [5, 5.41) is 11.8. The summed E-state index contributed by atoms with van der Waals surface area (Å²) in [6, 6.07) is 3.06. The number of rotatable bonds is 4. The van der Waals surface area contributed by atoms with Crippen molar-refractivity contribution < 1.29 is 22.7 Å². The van der Waals surface area contributed by atoms with Gasteiger partial charge in [-0.15, -0.1) is 10.2 Å². The van der Waals surface area contributed by atoms with Crippen LogP contribution in [0.1, 0.15) is 40.8 Å². The molecule has 1 fully saturated rings. The van der Waals surface area contributed by atoms with Crippen molar-refractivity contribution in [2.45, 2.75) is 38.5 Å². The Morgan fingerprint density at radius 2 is 2.00 bits per heavy atom. The fraction of sp³-hybridized carbons (Fsp3) is 0.500. The van der Waals surface area contributed by atoms with Crippen molar-refractivity contribution in [3.63, 3.8) is 0 Å². The molecule has 2 aliphatic heterocycles. The molecule has 2 aromatic rings. The van der Waals surface area contributed by atoms with Crippen LogP contribution in [0.25, 0.3) is 0 Å². The lowest BCUT2D eigenvalue weighted by Crippen LogP contribution is -2.39. The number of carbonyl (C=O) groups excluding carboxylic acids is 1.